The van der Waals surface area contributed by atoms with Gasteiger partial charge in [0.1, 0.15) is 0 Å². The van der Waals surface area contributed by atoms with Gasteiger partial charge in [-0.3, -0.25) is 0 Å². The van der Waals surface area contributed by atoms with Gasteiger partial charge in [0.2, 0.25) is 0 Å². The summed E-state index contributed by atoms with van der Waals surface area (Å²) in [6, 6.07) is 50.6. The monoisotopic (exact) mass is 537 g/mol. The van der Waals surface area contributed by atoms with Crippen LogP contribution in [0.15, 0.2) is 140 Å². The lowest BCUT2D eigenvalue weighted by Crippen LogP contribution is -1.91. The Labute approximate surface area is 240 Å². The first-order valence-corrected chi connectivity index (χ1v) is 14.8. The van der Waals surface area contributed by atoms with Crippen LogP contribution < -0.4 is 0 Å². The molecule has 41 heavy (non-hydrogen) atoms. The lowest BCUT2D eigenvalue weighted by molar-refractivity contribution is 1.43. The molecule has 9 rings (SSSR count). The van der Waals surface area contributed by atoms with Crippen LogP contribution in [-0.4, -0.2) is 4.98 Å². The smallest absolute Gasteiger partial charge is 0.0788 e. The van der Waals surface area contributed by atoms with Crippen LogP contribution in [0, 0.1) is 0 Å². The van der Waals surface area contributed by atoms with E-state index in [1.165, 1.54) is 69.0 Å². The van der Waals surface area contributed by atoms with E-state index in [1.807, 2.05) is 11.3 Å². The number of fused-ring (bicyclic) bond motifs is 10. The highest BCUT2D eigenvalue weighted by Gasteiger charge is 2.17. The largest absolute Gasteiger partial charge is 0.247 e. The Bertz CT molecular complexity index is 2480. The third kappa shape index (κ3) is 3.38. The van der Waals surface area contributed by atoms with Crippen LogP contribution in [0.25, 0.3) is 85.8 Å². The van der Waals surface area contributed by atoms with Crippen LogP contribution in [0.3, 0.4) is 0 Å². The van der Waals surface area contributed by atoms with E-state index >= 15 is 0 Å². The molecule has 0 fully saturated rings. The second-order valence-electron chi connectivity index (χ2n) is 10.7. The molecular weight excluding hydrogens is 515 g/mol. The van der Waals surface area contributed by atoms with Crippen LogP contribution in [0.1, 0.15) is 0 Å². The van der Waals surface area contributed by atoms with Crippen molar-refractivity contribution >= 4 is 74.7 Å². The summed E-state index contributed by atoms with van der Waals surface area (Å²) in [7, 11) is 0. The summed E-state index contributed by atoms with van der Waals surface area (Å²) in [5.74, 6) is 0. The number of rotatable bonds is 2. The fourth-order valence-electron chi connectivity index (χ4n) is 6.56. The molecule has 7 aromatic carbocycles. The van der Waals surface area contributed by atoms with Gasteiger partial charge in [0.25, 0.3) is 0 Å². The van der Waals surface area contributed by atoms with Gasteiger partial charge in [-0.2, -0.15) is 0 Å². The molecule has 2 heteroatoms. The Morgan fingerprint density at radius 2 is 1.12 bits per heavy atom. The predicted molar refractivity (Wildman–Crippen MR) is 178 cm³/mol. The van der Waals surface area contributed by atoms with Crippen LogP contribution in [0.4, 0.5) is 0 Å². The van der Waals surface area contributed by atoms with Gasteiger partial charge < -0.3 is 0 Å². The van der Waals surface area contributed by atoms with E-state index in [9.17, 15) is 0 Å². The molecule has 0 saturated heterocycles. The van der Waals surface area contributed by atoms with Gasteiger partial charge in [0.05, 0.1) is 11.2 Å². The summed E-state index contributed by atoms with van der Waals surface area (Å²) in [4.78, 5) is 5.29. The van der Waals surface area contributed by atoms with Crippen molar-refractivity contribution in [2.24, 2.45) is 0 Å². The van der Waals surface area contributed by atoms with Crippen LogP contribution in [0.5, 0.6) is 0 Å². The second-order valence-corrected chi connectivity index (χ2v) is 11.8. The highest BCUT2D eigenvalue weighted by atomic mass is 32.1. The maximum Gasteiger partial charge on any atom is 0.0788 e. The zero-order chi connectivity index (χ0) is 26.9. The number of aromatic nitrogens is 1. The average molecular weight is 538 g/mol. The minimum atomic E-state index is 1.03. The van der Waals surface area contributed by atoms with E-state index in [-0.39, 0.29) is 0 Å². The first-order chi connectivity index (χ1) is 20.3. The van der Waals surface area contributed by atoms with Gasteiger partial charge >= 0.3 is 0 Å². The van der Waals surface area contributed by atoms with Crippen LogP contribution in [0.2, 0.25) is 0 Å². The van der Waals surface area contributed by atoms with E-state index in [1.54, 1.807) is 0 Å². The van der Waals surface area contributed by atoms with Gasteiger partial charge in [0.15, 0.2) is 0 Å². The predicted octanol–water partition coefficient (Wildman–Crippen LogP) is 11.4. The Hall–Kier alpha value is -5.05. The molecule has 0 aliphatic carbocycles. The van der Waals surface area contributed by atoms with Crippen molar-refractivity contribution < 1.29 is 0 Å². The summed E-state index contributed by atoms with van der Waals surface area (Å²) >= 11 is 1.88. The normalized spacial score (nSPS) is 11.9. The number of thiophene rings is 1. The van der Waals surface area contributed by atoms with E-state index in [0.29, 0.717) is 0 Å². The molecule has 0 bridgehead atoms. The van der Waals surface area contributed by atoms with E-state index in [4.69, 9.17) is 4.98 Å². The third-order valence-corrected chi connectivity index (χ3v) is 9.63. The Morgan fingerprint density at radius 3 is 2.02 bits per heavy atom. The van der Waals surface area contributed by atoms with Crippen LogP contribution >= 0.6 is 11.3 Å². The number of para-hydroxylation sites is 1. The maximum atomic E-state index is 5.29. The first kappa shape index (κ1) is 22.7. The summed E-state index contributed by atoms with van der Waals surface area (Å²) in [5.41, 5.74) is 5.65. The molecule has 0 aliphatic rings. The van der Waals surface area contributed by atoms with Crippen molar-refractivity contribution in [1.29, 1.82) is 0 Å². The van der Waals surface area contributed by atoms with Crippen molar-refractivity contribution in [2.45, 2.75) is 0 Å². The molecule has 0 unspecified atom stereocenters. The lowest BCUT2D eigenvalue weighted by atomic mass is 9.91. The van der Waals surface area contributed by atoms with Crippen molar-refractivity contribution in [3.8, 4) is 22.4 Å². The van der Waals surface area contributed by atoms with E-state index < -0.39 is 0 Å². The molecule has 0 N–H and O–H groups in total. The molecule has 9 aromatic rings. The fraction of sp³-hybridized carbons (Fsp3) is 0. The number of benzene rings is 7. The van der Waals surface area contributed by atoms with Crippen LogP contribution in [-0.2, 0) is 0 Å². The summed E-state index contributed by atoms with van der Waals surface area (Å²) in [6.45, 7) is 0. The van der Waals surface area contributed by atoms with E-state index in [2.05, 4.69) is 140 Å². The average Bonchev–Trinajstić information content (AvgIpc) is 3.43. The molecule has 1 nitrogen and oxygen atoms in total. The SMILES string of the molecule is c1cc(-c2cc3ccccc3c3ccccc23)cc(-c2nc3ccccc3c3c2ccc2c4ccccc4sc23)c1. The third-order valence-electron chi connectivity index (χ3n) is 8.42. The fourth-order valence-corrected chi connectivity index (χ4v) is 7.83. The number of pyridine rings is 1. The van der Waals surface area contributed by atoms with Gasteiger partial charge in [-0.15, -0.1) is 11.3 Å². The zero-order valence-electron chi connectivity index (χ0n) is 22.1. The summed E-state index contributed by atoms with van der Waals surface area (Å²) in [5, 5.41) is 11.4. The Balaban J connectivity index is 1.35. The molecular formula is C39H23NS. The molecule has 0 radical (unpaired) electrons. The second kappa shape index (κ2) is 8.72. The molecule has 0 atom stereocenters. The number of nitrogens with zero attached hydrogens (tertiary/aromatic N) is 1. The van der Waals surface area contributed by atoms with Gasteiger partial charge in [-0.25, -0.2) is 4.98 Å². The topological polar surface area (TPSA) is 12.9 Å². The number of hydrogen-bond acceptors (Lipinski definition) is 2. The van der Waals surface area contributed by atoms with Gasteiger partial charge in [0, 0.05) is 41.9 Å². The zero-order valence-corrected chi connectivity index (χ0v) is 23.0. The van der Waals surface area contributed by atoms with Crippen molar-refractivity contribution in [2.75, 3.05) is 0 Å². The van der Waals surface area contributed by atoms with Gasteiger partial charge in [-0.1, -0.05) is 115 Å². The van der Waals surface area contributed by atoms with E-state index in [0.717, 1.165) is 16.8 Å². The molecule has 2 heterocycles. The van der Waals surface area contributed by atoms with Crippen molar-refractivity contribution in [3.63, 3.8) is 0 Å². The summed E-state index contributed by atoms with van der Waals surface area (Å²) in [6.07, 6.45) is 0. The quantitative estimate of drug-likeness (QED) is 0.200. The molecule has 0 saturated carbocycles. The molecule has 0 aliphatic heterocycles. The molecule has 0 spiro atoms. The highest BCUT2D eigenvalue weighted by Crippen LogP contribution is 2.44. The van der Waals surface area contributed by atoms with Crippen molar-refractivity contribution in [1.82, 2.24) is 4.98 Å². The minimum absolute atomic E-state index is 1.03. The molecule has 2 aromatic heterocycles. The van der Waals surface area contributed by atoms with Gasteiger partial charge in [-0.05, 0) is 56.9 Å². The Kier molecular flexibility index (Phi) is 4.84. The summed E-state index contributed by atoms with van der Waals surface area (Å²) < 4.78 is 2.66. The lowest BCUT2D eigenvalue weighted by Gasteiger charge is -2.14. The molecule has 190 valence electrons. The maximum absolute atomic E-state index is 5.29. The standard InChI is InChI=1S/C39H23NS/c1-2-13-27-25(10-1)23-34(29-15-4-3-14-28(27)29)24-11-9-12-26(22-24)38-33-21-20-31-30-16-6-8-19-36(30)41-39(31)37(33)32-17-5-7-18-35(32)40-38/h1-23H. The van der Waals surface area contributed by atoms with Crippen molar-refractivity contribution in [3.05, 3.63) is 140 Å². The Morgan fingerprint density at radius 1 is 0.439 bits per heavy atom. The molecule has 0 amide bonds. The number of hydrogen-bond donors (Lipinski definition) is 0. The minimum Gasteiger partial charge on any atom is -0.247 e. The first-order valence-electron chi connectivity index (χ1n) is 14.0. The highest BCUT2D eigenvalue weighted by molar-refractivity contribution is 7.26.